The van der Waals surface area contributed by atoms with Gasteiger partial charge in [-0.2, -0.15) is 0 Å². The Balaban J connectivity index is 1.36. The van der Waals surface area contributed by atoms with Gasteiger partial charge in [0, 0.05) is 11.6 Å². The molecule has 2 amide bonds. The Labute approximate surface area is 160 Å². The van der Waals surface area contributed by atoms with Gasteiger partial charge in [0.15, 0.2) is 5.82 Å². The molecule has 2 fully saturated rings. The van der Waals surface area contributed by atoms with E-state index in [-0.39, 0.29) is 30.4 Å². The summed E-state index contributed by atoms with van der Waals surface area (Å²) in [6, 6.07) is 5.21. The molecule has 2 saturated carbocycles. The third-order valence-corrected chi connectivity index (χ3v) is 5.93. The van der Waals surface area contributed by atoms with Crippen LogP contribution in [0.5, 0.6) is 0 Å². The number of amides is 2. The molecule has 0 spiro atoms. The van der Waals surface area contributed by atoms with Crippen molar-refractivity contribution >= 4 is 17.8 Å². The first-order chi connectivity index (χ1) is 13.4. The van der Waals surface area contributed by atoms with Crippen LogP contribution in [0.4, 0.5) is 14.7 Å². The summed E-state index contributed by atoms with van der Waals surface area (Å²) in [6.45, 7) is -0.134. The monoisotopic (exact) mass is 384 g/mol. The highest BCUT2D eigenvalue weighted by molar-refractivity contribution is 6.01. The maximum atomic E-state index is 14.4. The minimum atomic E-state index is -1.23. The van der Waals surface area contributed by atoms with E-state index >= 15 is 0 Å². The van der Waals surface area contributed by atoms with Crippen LogP contribution < -0.4 is 5.32 Å². The molecule has 0 radical (unpaired) electrons. The third kappa shape index (κ3) is 2.83. The van der Waals surface area contributed by atoms with E-state index in [0.29, 0.717) is 24.0 Å². The number of anilines is 1. The lowest BCUT2D eigenvalue weighted by atomic mass is 9.75. The standard InChI is InChI=1S/C20H18F2N4O2/c21-13-8-23-19(24-9-13)25-17(27)10-26-14-5-11(6-14)16-7-12(20(22)3-4-20)1-2-15(16)18(26)28/h1-2,7-9,11,14H,3-6,10H2,(H,23,24,25,27). The number of nitrogens with one attached hydrogen (secondary N) is 1. The zero-order chi connectivity index (χ0) is 19.5. The van der Waals surface area contributed by atoms with E-state index in [2.05, 4.69) is 15.3 Å². The number of halogens is 2. The zero-order valence-electron chi connectivity index (χ0n) is 15.0. The zero-order valence-corrected chi connectivity index (χ0v) is 15.0. The highest BCUT2D eigenvalue weighted by Crippen LogP contribution is 2.52. The van der Waals surface area contributed by atoms with Gasteiger partial charge in [0.25, 0.3) is 5.91 Å². The second-order valence-electron chi connectivity index (χ2n) is 7.80. The van der Waals surface area contributed by atoms with Crippen LogP contribution >= 0.6 is 0 Å². The van der Waals surface area contributed by atoms with Crippen molar-refractivity contribution < 1.29 is 18.4 Å². The Hall–Kier alpha value is -2.90. The maximum absolute atomic E-state index is 14.4. The van der Waals surface area contributed by atoms with Gasteiger partial charge >= 0.3 is 0 Å². The molecule has 6 nitrogen and oxygen atoms in total. The van der Waals surface area contributed by atoms with Crippen LogP contribution in [0.25, 0.3) is 0 Å². The van der Waals surface area contributed by atoms with Gasteiger partial charge in [-0.3, -0.25) is 14.9 Å². The quantitative estimate of drug-likeness (QED) is 0.880. The summed E-state index contributed by atoms with van der Waals surface area (Å²) in [5, 5.41) is 2.49. The summed E-state index contributed by atoms with van der Waals surface area (Å²) in [5.41, 5.74) is 0.862. The fourth-order valence-corrected chi connectivity index (χ4v) is 4.09. The largest absolute Gasteiger partial charge is 0.326 e. The highest BCUT2D eigenvalue weighted by Gasteiger charge is 2.47. The van der Waals surface area contributed by atoms with E-state index in [0.717, 1.165) is 30.8 Å². The van der Waals surface area contributed by atoms with Gasteiger partial charge in [-0.25, -0.2) is 18.7 Å². The number of carbonyl (C=O) groups excluding carboxylic acids is 2. The highest BCUT2D eigenvalue weighted by atomic mass is 19.1. The Morgan fingerprint density at radius 1 is 1.25 bits per heavy atom. The van der Waals surface area contributed by atoms with Crippen LogP contribution in [0.2, 0.25) is 0 Å². The third-order valence-electron chi connectivity index (χ3n) is 5.93. The molecule has 1 aromatic carbocycles. The molecule has 2 aromatic rings. The predicted molar refractivity (Wildman–Crippen MR) is 95.9 cm³/mol. The fourth-order valence-electron chi connectivity index (χ4n) is 4.09. The minimum Gasteiger partial charge on any atom is -0.326 e. The number of carbonyl (C=O) groups is 2. The molecule has 0 atom stereocenters. The summed E-state index contributed by atoms with van der Waals surface area (Å²) in [6.07, 6.45) is 4.52. The van der Waals surface area contributed by atoms with Gasteiger partial charge in [-0.1, -0.05) is 12.1 Å². The normalized spacial score (nSPS) is 24.1. The Bertz CT molecular complexity index is 969. The van der Waals surface area contributed by atoms with E-state index in [9.17, 15) is 18.4 Å². The van der Waals surface area contributed by atoms with Crippen LogP contribution in [0.15, 0.2) is 30.6 Å². The molecule has 2 bridgehead atoms. The molecule has 1 aromatic heterocycles. The first kappa shape index (κ1) is 17.2. The number of fused-ring (bicyclic) bond motifs is 1. The van der Waals surface area contributed by atoms with Crippen molar-refractivity contribution in [2.45, 2.75) is 43.3 Å². The molecule has 0 unspecified atom stereocenters. The van der Waals surface area contributed by atoms with Crippen LogP contribution in [-0.4, -0.2) is 39.3 Å². The molecule has 2 aliphatic carbocycles. The number of hydrogen-bond acceptors (Lipinski definition) is 4. The maximum Gasteiger partial charge on any atom is 0.254 e. The van der Waals surface area contributed by atoms with Gasteiger partial charge in [0.05, 0.1) is 12.4 Å². The second kappa shape index (κ2) is 6.05. The molecule has 8 heteroatoms. The lowest BCUT2D eigenvalue weighted by Gasteiger charge is -2.39. The number of aromatic nitrogens is 2. The smallest absolute Gasteiger partial charge is 0.254 e. The van der Waals surface area contributed by atoms with E-state index in [4.69, 9.17) is 0 Å². The molecule has 144 valence electrons. The number of nitrogens with zero attached hydrogens (tertiary/aromatic N) is 3. The lowest BCUT2D eigenvalue weighted by Crippen LogP contribution is -2.47. The average molecular weight is 384 g/mol. The van der Waals surface area contributed by atoms with Gasteiger partial charge < -0.3 is 4.90 Å². The molecular formula is C20H18F2N4O2. The van der Waals surface area contributed by atoms with Crippen molar-refractivity contribution in [1.82, 2.24) is 14.9 Å². The van der Waals surface area contributed by atoms with Crippen LogP contribution in [0.1, 0.15) is 53.1 Å². The van der Waals surface area contributed by atoms with Crippen molar-refractivity contribution in [2.24, 2.45) is 0 Å². The molecule has 4 aliphatic rings. The predicted octanol–water partition coefficient (Wildman–Crippen LogP) is 2.91. The molecule has 0 saturated heterocycles. The summed E-state index contributed by atoms with van der Waals surface area (Å²) in [4.78, 5) is 34.4. The molecule has 3 heterocycles. The van der Waals surface area contributed by atoms with Gasteiger partial charge in [-0.05, 0) is 48.8 Å². The summed E-state index contributed by atoms with van der Waals surface area (Å²) < 4.78 is 27.3. The summed E-state index contributed by atoms with van der Waals surface area (Å²) in [7, 11) is 0. The first-order valence-electron chi connectivity index (χ1n) is 9.35. The molecule has 28 heavy (non-hydrogen) atoms. The van der Waals surface area contributed by atoms with Crippen molar-refractivity contribution in [3.8, 4) is 0 Å². The van der Waals surface area contributed by atoms with Gasteiger partial charge in [0.1, 0.15) is 12.2 Å². The summed E-state index contributed by atoms with van der Waals surface area (Å²) in [5.74, 6) is -1.05. The van der Waals surface area contributed by atoms with Crippen LogP contribution in [-0.2, 0) is 10.5 Å². The number of hydrogen-bond donors (Lipinski definition) is 1. The van der Waals surface area contributed by atoms with E-state index < -0.39 is 17.4 Å². The van der Waals surface area contributed by atoms with Gasteiger partial charge in [-0.15, -0.1) is 0 Å². The van der Waals surface area contributed by atoms with E-state index in [1.54, 1.807) is 17.0 Å². The average Bonchev–Trinajstić information content (AvgIpc) is 3.41. The number of alkyl halides is 1. The Kier molecular flexibility index (Phi) is 3.72. The second-order valence-corrected chi connectivity index (χ2v) is 7.80. The molecule has 1 N–H and O–H groups in total. The molecule has 6 rings (SSSR count). The Morgan fingerprint density at radius 2 is 1.96 bits per heavy atom. The van der Waals surface area contributed by atoms with Crippen LogP contribution in [0.3, 0.4) is 0 Å². The van der Waals surface area contributed by atoms with Crippen molar-refractivity contribution in [2.75, 3.05) is 11.9 Å². The lowest BCUT2D eigenvalue weighted by molar-refractivity contribution is -0.117. The minimum absolute atomic E-state index is 0.0112. The van der Waals surface area contributed by atoms with E-state index in [1.165, 1.54) is 0 Å². The topological polar surface area (TPSA) is 75.2 Å². The number of rotatable bonds is 4. The van der Waals surface area contributed by atoms with E-state index in [1.807, 2.05) is 6.07 Å². The van der Waals surface area contributed by atoms with Crippen LogP contribution in [0, 0.1) is 5.82 Å². The van der Waals surface area contributed by atoms with Crippen molar-refractivity contribution in [1.29, 1.82) is 0 Å². The Morgan fingerprint density at radius 3 is 2.64 bits per heavy atom. The fraction of sp³-hybridized carbons (Fsp3) is 0.400. The van der Waals surface area contributed by atoms with Crippen molar-refractivity contribution in [3.63, 3.8) is 0 Å². The molecular weight excluding hydrogens is 366 g/mol. The number of benzene rings is 1. The first-order valence-corrected chi connectivity index (χ1v) is 9.35. The SMILES string of the molecule is O=C(CN1C(=O)c2ccc(C3(F)CC3)cc2C2CC1C2)Nc1ncc(F)cn1. The summed E-state index contributed by atoms with van der Waals surface area (Å²) >= 11 is 0. The van der Waals surface area contributed by atoms with Gasteiger partial charge in [0.2, 0.25) is 11.9 Å². The molecule has 2 aliphatic heterocycles. The van der Waals surface area contributed by atoms with Crippen molar-refractivity contribution in [3.05, 3.63) is 53.1 Å².